The first-order valence-electron chi connectivity index (χ1n) is 10.6. The van der Waals surface area contributed by atoms with Crippen molar-refractivity contribution in [1.82, 2.24) is 9.62 Å². The van der Waals surface area contributed by atoms with Gasteiger partial charge in [0, 0.05) is 29.8 Å². The Morgan fingerprint density at radius 2 is 1.78 bits per heavy atom. The van der Waals surface area contributed by atoms with Gasteiger partial charge in [-0.25, -0.2) is 8.42 Å². The summed E-state index contributed by atoms with van der Waals surface area (Å²) in [5.74, 6) is -0.798. The van der Waals surface area contributed by atoms with Crippen LogP contribution in [0.3, 0.4) is 0 Å². The molecule has 7 nitrogen and oxygen atoms in total. The minimum atomic E-state index is -3.70. The number of carbonyl (C=O) groups is 2. The summed E-state index contributed by atoms with van der Waals surface area (Å²) >= 11 is 6.21. The molecule has 0 spiro atoms. The van der Waals surface area contributed by atoms with Gasteiger partial charge in [0.05, 0.1) is 15.6 Å². The molecule has 1 unspecified atom stereocenters. The Hall–Kier alpha value is -2.42. The molecule has 0 radical (unpaired) electrons. The summed E-state index contributed by atoms with van der Waals surface area (Å²) in [6, 6.07) is 10.4. The van der Waals surface area contributed by atoms with Gasteiger partial charge in [-0.1, -0.05) is 24.1 Å². The Morgan fingerprint density at radius 1 is 1.06 bits per heavy atom. The number of amides is 2. The zero-order valence-corrected chi connectivity index (χ0v) is 20.0. The molecule has 0 aromatic heterocycles. The minimum absolute atomic E-state index is 0.0384. The fourth-order valence-electron chi connectivity index (χ4n) is 3.66. The number of anilines is 1. The van der Waals surface area contributed by atoms with Crippen molar-refractivity contribution in [2.24, 2.45) is 0 Å². The molecule has 2 N–H and O–H groups in total. The van der Waals surface area contributed by atoms with Gasteiger partial charge in [-0.2, -0.15) is 4.31 Å². The Bertz CT molecular complexity index is 1120. The molecule has 0 bridgehead atoms. The predicted octanol–water partition coefficient (Wildman–Crippen LogP) is 4.29. The summed E-state index contributed by atoms with van der Waals surface area (Å²) in [4.78, 5) is 25.2. The second-order valence-corrected chi connectivity index (χ2v) is 10.6. The summed E-state index contributed by atoms with van der Waals surface area (Å²) in [7, 11) is -3.70. The molecule has 3 rings (SSSR count). The number of halogens is 1. The lowest BCUT2D eigenvalue weighted by molar-refractivity contribution is 0.0941. The summed E-state index contributed by atoms with van der Waals surface area (Å²) in [5.41, 5.74) is 0.809. The van der Waals surface area contributed by atoms with Crippen molar-refractivity contribution in [3.05, 3.63) is 58.6 Å². The molecule has 0 saturated carbocycles. The Balaban J connectivity index is 1.83. The molecule has 2 aromatic carbocycles. The molecule has 2 aromatic rings. The van der Waals surface area contributed by atoms with E-state index in [2.05, 4.69) is 10.6 Å². The fraction of sp³-hybridized carbons (Fsp3) is 0.391. The maximum Gasteiger partial charge on any atom is 0.255 e. The highest BCUT2D eigenvalue weighted by Crippen LogP contribution is 2.27. The number of rotatable bonds is 6. The van der Waals surface area contributed by atoms with Crippen LogP contribution in [0.25, 0.3) is 0 Å². The topological polar surface area (TPSA) is 95.6 Å². The molecule has 1 aliphatic heterocycles. The molecule has 0 aliphatic carbocycles. The highest BCUT2D eigenvalue weighted by molar-refractivity contribution is 7.89. The number of hydrogen-bond donors (Lipinski definition) is 2. The van der Waals surface area contributed by atoms with Gasteiger partial charge in [-0.15, -0.1) is 0 Å². The summed E-state index contributed by atoms with van der Waals surface area (Å²) in [6.07, 6.45) is 2.65. The lowest BCUT2D eigenvalue weighted by Gasteiger charge is -2.32. The number of sulfonamides is 1. The van der Waals surface area contributed by atoms with E-state index in [4.69, 9.17) is 11.6 Å². The van der Waals surface area contributed by atoms with Crippen LogP contribution in [0.1, 0.15) is 60.7 Å². The number of hydrogen-bond acceptors (Lipinski definition) is 4. The Morgan fingerprint density at radius 3 is 2.47 bits per heavy atom. The summed E-state index contributed by atoms with van der Waals surface area (Å²) in [5, 5.41) is 5.74. The van der Waals surface area contributed by atoms with Crippen LogP contribution < -0.4 is 10.6 Å². The van der Waals surface area contributed by atoms with E-state index < -0.39 is 15.9 Å². The van der Waals surface area contributed by atoms with Crippen LogP contribution in [-0.4, -0.2) is 43.2 Å². The van der Waals surface area contributed by atoms with Crippen molar-refractivity contribution < 1.29 is 18.0 Å². The van der Waals surface area contributed by atoms with E-state index in [0.717, 1.165) is 19.3 Å². The second-order valence-electron chi connectivity index (χ2n) is 8.27. The van der Waals surface area contributed by atoms with Crippen LogP contribution in [0.15, 0.2) is 47.4 Å². The molecule has 32 heavy (non-hydrogen) atoms. The average Bonchev–Trinajstić information content (AvgIpc) is 2.75. The molecule has 1 atom stereocenters. The van der Waals surface area contributed by atoms with E-state index in [9.17, 15) is 18.0 Å². The first-order chi connectivity index (χ1) is 15.1. The molecule has 172 valence electrons. The van der Waals surface area contributed by atoms with Crippen LogP contribution in [0.4, 0.5) is 5.69 Å². The van der Waals surface area contributed by atoms with Crippen LogP contribution in [0, 0.1) is 0 Å². The highest BCUT2D eigenvalue weighted by Gasteiger charge is 2.31. The first kappa shape index (κ1) is 24.2. The highest BCUT2D eigenvalue weighted by atomic mass is 35.5. The maximum absolute atomic E-state index is 13.1. The standard InChI is InChI=1S/C23H28ClN3O4S/c1-15(2)25-22(28)18-10-11-20(24)21(14-18)26-23(29)17-8-6-9-19(13-17)32(30,31)27-12-5-4-7-16(27)3/h6,8-11,13-16H,4-5,7,12H2,1-3H3,(H,25,28)(H,26,29). The van der Waals surface area contributed by atoms with Gasteiger partial charge >= 0.3 is 0 Å². The Kier molecular flexibility index (Phi) is 7.59. The molecule has 2 amide bonds. The van der Waals surface area contributed by atoms with Crippen LogP contribution in [0.5, 0.6) is 0 Å². The van der Waals surface area contributed by atoms with Gasteiger partial charge in [0.15, 0.2) is 0 Å². The molecule has 1 fully saturated rings. The number of benzene rings is 2. The molecule has 1 saturated heterocycles. The van der Waals surface area contributed by atoms with Gasteiger partial charge in [0.2, 0.25) is 10.0 Å². The van der Waals surface area contributed by atoms with E-state index in [0.29, 0.717) is 12.1 Å². The zero-order valence-electron chi connectivity index (χ0n) is 18.4. The zero-order chi connectivity index (χ0) is 23.5. The van der Waals surface area contributed by atoms with Crippen molar-refractivity contribution in [3.63, 3.8) is 0 Å². The molecule has 1 heterocycles. The normalized spacial score (nSPS) is 17.2. The first-order valence-corrected chi connectivity index (χ1v) is 12.4. The lowest BCUT2D eigenvalue weighted by Crippen LogP contribution is -2.41. The molecular weight excluding hydrogens is 450 g/mol. The summed E-state index contributed by atoms with van der Waals surface area (Å²) in [6.45, 7) is 6.07. The van der Waals surface area contributed by atoms with Crippen LogP contribution in [0.2, 0.25) is 5.02 Å². The smallest absolute Gasteiger partial charge is 0.255 e. The van der Waals surface area contributed by atoms with Gasteiger partial charge in [-0.05, 0) is 70.0 Å². The van der Waals surface area contributed by atoms with Crippen molar-refractivity contribution in [2.75, 3.05) is 11.9 Å². The van der Waals surface area contributed by atoms with E-state index in [-0.39, 0.29) is 39.2 Å². The van der Waals surface area contributed by atoms with Gasteiger partial charge in [0.25, 0.3) is 11.8 Å². The minimum Gasteiger partial charge on any atom is -0.350 e. The average molecular weight is 478 g/mol. The monoisotopic (exact) mass is 477 g/mol. The summed E-state index contributed by atoms with van der Waals surface area (Å²) < 4.78 is 27.7. The number of nitrogens with one attached hydrogen (secondary N) is 2. The van der Waals surface area contributed by atoms with Crippen LogP contribution >= 0.6 is 11.6 Å². The molecule has 1 aliphatic rings. The quantitative estimate of drug-likeness (QED) is 0.648. The van der Waals surface area contributed by atoms with Crippen LogP contribution in [-0.2, 0) is 10.0 Å². The number of carbonyl (C=O) groups excluding carboxylic acids is 2. The lowest BCUT2D eigenvalue weighted by atomic mass is 10.1. The van der Waals surface area contributed by atoms with Gasteiger partial charge < -0.3 is 10.6 Å². The van der Waals surface area contributed by atoms with Crippen molar-refractivity contribution in [3.8, 4) is 0 Å². The third-order valence-electron chi connectivity index (χ3n) is 5.34. The third-order valence-corrected chi connectivity index (χ3v) is 7.68. The Labute approximate surface area is 194 Å². The third kappa shape index (κ3) is 5.49. The van der Waals surface area contributed by atoms with Gasteiger partial charge in [0.1, 0.15) is 0 Å². The van der Waals surface area contributed by atoms with E-state index in [1.54, 1.807) is 12.1 Å². The second kappa shape index (κ2) is 10.0. The molecular formula is C23H28ClN3O4S. The fourth-order valence-corrected chi connectivity index (χ4v) is 5.58. The number of nitrogens with zero attached hydrogens (tertiary/aromatic N) is 1. The predicted molar refractivity (Wildman–Crippen MR) is 126 cm³/mol. The van der Waals surface area contributed by atoms with E-state index >= 15 is 0 Å². The van der Waals surface area contributed by atoms with E-state index in [1.165, 1.54) is 34.6 Å². The molecule has 9 heteroatoms. The van der Waals surface area contributed by atoms with Crippen molar-refractivity contribution in [2.45, 2.75) is 57.0 Å². The van der Waals surface area contributed by atoms with Crippen molar-refractivity contribution >= 4 is 39.1 Å². The number of piperidine rings is 1. The maximum atomic E-state index is 13.1. The van der Waals surface area contributed by atoms with E-state index in [1.807, 2.05) is 20.8 Å². The van der Waals surface area contributed by atoms with Crippen molar-refractivity contribution in [1.29, 1.82) is 0 Å². The largest absolute Gasteiger partial charge is 0.350 e. The van der Waals surface area contributed by atoms with Gasteiger partial charge in [-0.3, -0.25) is 9.59 Å². The SMILES string of the molecule is CC(C)NC(=O)c1ccc(Cl)c(NC(=O)c2cccc(S(=O)(=O)N3CCCCC3C)c2)c1.